The zero-order chi connectivity index (χ0) is 34.3. The van der Waals surface area contributed by atoms with Crippen LogP contribution in [-0.2, 0) is 22.6 Å². The highest BCUT2D eigenvalue weighted by atomic mass is 16.7. The van der Waals surface area contributed by atoms with Gasteiger partial charge >= 0.3 is 0 Å². The zero-order valence-electron chi connectivity index (χ0n) is 28.3. The minimum atomic E-state index is -0.515. The molecule has 2 heterocycles. The average Bonchev–Trinajstić information content (AvgIpc) is 3.72. The van der Waals surface area contributed by atoms with Crippen LogP contribution in [0.4, 0.5) is 0 Å². The van der Waals surface area contributed by atoms with E-state index in [4.69, 9.17) is 9.47 Å². The van der Waals surface area contributed by atoms with Gasteiger partial charge in [0.05, 0.1) is 36.0 Å². The molecule has 50 heavy (non-hydrogen) atoms. The van der Waals surface area contributed by atoms with Gasteiger partial charge in [-0.25, -0.2) is 4.98 Å². The van der Waals surface area contributed by atoms with E-state index in [0.29, 0.717) is 23.8 Å². The third kappa shape index (κ3) is 8.01. The number of ether oxygens (including phenoxy) is 2. The standard InChI is InChI=1S/C42H44N4O4/c1-2-22-46(35-10-3-4-11-35)27-36-24-40(32-16-14-29(28-47)15-17-32)50-42(49-36)33-20-18-31(19-21-33)34-9-7-8-30(23-34)25-44-41(48)39-26-43-37-12-5-6-13-38(37)45-39/h2,5-9,12-21,23,26,35-36,40,42,47H,1,3-4,10-11,22,24-25,27-28H2,(H,44,48)/t36-,40+,42+/m1/s1. The number of benzene rings is 4. The Labute approximate surface area is 293 Å². The summed E-state index contributed by atoms with van der Waals surface area (Å²) in [4.78, 5) is 24.2. The van der Waals surface area contributed by atoms with Crippen LogP contribution < -0.4 is 5.32 Å². The predicted octanol–water partition coefficient (Wildman–Crippen LogP) is 7.70. The van der Waals surface area contributed by atoms with Crippen molar-refractivity contribution in [3.05, 3.63) is 144 Å². The summed E-state index contributed by atoms with van der Waals surface area (Å²) in [7, 11) is 0. The minimum Gasteiger partial charge on any atom is -0.392 e. The molecule has 2 N–H and O–H groups in total. The number of carbonyl (C=O) groups is 1. The number of aliphatic hydroxyl groups is 1. The maximum Gasteiger partial charge on any atom is 0.271 e. The molecule has 1 saturated carbocycles. The number of rotatable bonds is 12. The molecule has 7 rings (SSSR count). The van der Waals surface area contributed by atoms with E-state index in [1.165, 1.54) is 31.9 Å². The van der Waals surface area contributed by atoms with Gasteiger partial charge < -0.3 is 19.9 Å². The Morgan fingerprint density at radius 2 is 1.64 bits per heavy atom. The van der Waals surface area contributed by atoms with Crippen LogP contribution in [0.5, 0.6) is 0 Å². The maximum absolute atomic E-state index is 12.9. The van der Waals surface area contributed by atoms with Crippen LogP contribution in [-0.4, -0.2) is 51.1 Å². The fourth-order valence-corrected chi connectivity index (χ4v) is 7.14. The smallest absolute Gasteiger partial charge is 0.271 e. The number of amides is 1. The lowest BCUT2D eigenvalue weighted by atomic mass is 9.98. The third-order valence-corrected chi connectivity index (χ3v) is 9.84. The first-order chi connectivity index (χ1) is 24.6. The summed E-state index contributed by atoms with van der Waals surface area (Å²) in [6.45, 7) is 6.10. The van der Waals surface area contributed by atoms with E-state index in [1.807, 2.05) is 54.6 Å². The molecule has 4 aromatic carbocycles. The fourth-order valence-electron chi connectivity index (χ4n) is 7.14. The number of hydrogen-bond acceptors (Lipinski definition) is 7. The molecule has 1 aliphatic heterocycles. The highest BCUT2D eigenvalue weighted by Gasteiger charge is 2.34. The Morgan fingerprint density at radius 3 is 2.40 bits per heavy atom. The van der Waals surface area contributed by atoms with Gasteiger partial charge in [0.25, 0.3) is 5.91 Å². The van der Waals surface area contributed by atoms with Crippen LogP contribution in [0.2, 0.25) is 0 Å². The molecule has 0 unspecified atom stereocenters. The molecule has 0 bridgehead atoms. The topological polar surface area (TPSA) is 96.8 Å². The Kier molecular flexibility index (Phi) is 10.7. The van der Waals surface area contributed by atoms with E-state index in [0.717, 1.165) is 58.4 Å². The van der Waals surface area contributed by atoms with Gasteiger partial charge in [0, 0.05) is 37.7 Å². The SMILES string of the molecule is C=CCN(C[C@H]1C[C@@H](c2ccc(CO)cc2)O[C@@H](c2ccc(-c3cccc(CNC(=O)c4cnc5ccccc5n4)c3)cc2)O1)C1CCCC1. The second kappa shape index (κ2) is 15.9. The first-order valence-corrected chi connectivity index (χ1v) is 17.6. The van der Waals surface area contributed by atoms with Gasteiger partial charge in [0.15, 0.2) is 6.29 Å². The van der Waals surface area contributed by atoms with Crippen molar-refractivity contribution < 1.29 is 19.4 Å². The lowest BCUT2D eigenvalue weighted by Gasteiger charge is -2.39. The highest BCUT2D eigenvalue weighted by molar-refractivity contribution is 5.93. The highest BCUT2D eigenvalue weighted by Crippen LogP contribution is 2.39. The van der Waals surface area contributed by atoms with Crippen molar-refractivity contribution in [3.63, 3.8) is 0 Å². The summed E-state index contributed by atoms with van der Waals surface area (Å²) in [6, 6.07) is 32.7. The molecule has 2 fully saturated rings. The molecule has 3 atom stereocenters. The predicted molar refractivity (Wildman–Crippen MR) is 195 cm³/mol. The lowest BCUT2D eigenvalue weighted by Crippen LogP contribution is -2.43. The fraction of sp³-hybridized carbons (Fsp3) is 0.310. The molecule has 1 amide bonds. The minimum absolute atomic E-state index is 0.0102. The number of para-hydroxylation sites is 2. The van der Waals surface area contributed by atoms with Crippen LogP contribution in [0.15, 0.2) is 116 Å². The van der Waals surface area contributed by atoms with E-state index in [-0.39, 0.29) is 24.7 Å². The Morgan fingerprint density at radius 1 is 0.880 bits per heavy atom. The van der Waals surface area contributed by atoms with E-state index < -0.39 is 6.29 Å². The van der Waals surface area contributed by atoms with E-state index in [2.05, 4.69) is 75.3 Å². The molecule has 0 spiro atoms. The molecular formula is C42H44N4O4. The van der Waals surface area contributed by atoms with Crippen molar-refractivity contribution in [2.24, 2.45) is 0 Å². The van der Waals surface area contributed by atoms with Gasteiger partial charge in [-0.15, -0.1) is 6.58 Å². The molecule has 1 saturated heterocycles. The summed E-state index contributed by atoms with van der Waals surface area (Å²) in [5.41, 5.74) is 7.77. The Hall–Kier alpha value is -4.73. The monoisotopic (exact) mass is 668 g/mol. The van der Waals surface area contributed by atoms with E-state index in [1.54, 1.807) is 0 Å². The van der Waals surface area contributed by atoms with Gasteiger partial charge in [-0.05, 0) is 58.9 Å². The molecule has 1 aliphatic carbocycles. The number of nitrogens with zero attached hydrogens (tertiary/aromatic N) is 3. The second-order valence-electron chi connectivity index (χ2n) is 13.3. The van der Waals surface area contributed by atoms with Gasteiger partial charge in [-0.1, -0.05) is 97.8 Å². The van der Waals surface area contributed by atoms with Crippen molar-refractivity contribution >= 4 is 16.9 Å². The molecule has 2 aliphatic rings. The molecule has 1 aromatic heterocycles. The quantitative estimate of drug-likeness (QED) is 0.132. The van der Waals surface area contributed by atoms with Gasteiger partial charge in [0.2, 0.25) is 0 Å². The molecule has 256 valence electrons. The summed E-state index contributed by atoms with van der Waals surface area (Å²) in [5.74, 6) is -0.262. The summed E-state index contributed by atoms with van der Waals surface area (Å²) < 4.78 is 13.3. The van der Waals surface area contributed by atoms with Crippen LogP contribution in [0.1, 0.15) is 77.2 Å². The Balaban J connectivity index is 1.05. The zero-order valence-corrected chi connectivity index (χ0v) is 28.3. The van der Waals surface area contributed by atoms with Gasteiger partial charge in [-0.2, -0.15) is 0 Å². The van der Waals surface area contributed by atoms with Crippen LogP contribution in [0, 0.1) is 0 Å². The number of carbonyl (C=O) groups excluding carboxylic acids is 1. The van der Waals surface area contributed by atoms with Crippen LogP contribution in [0.25, 0.3) is 22.2 Å². The number of aromatic nitrogens is 2. The van der Waals surface area contributed by atoms with Crippen molar-refractivity contribution in [1.29, 1.82) is 0 Å². The number of hydrogen-bond donors (Lipinski definition) is 2. The van der Waals surface area contributed by atoms with Crippen LogP contribution in [0.3, 0.4) is 0 Å². The number of fused-ring (bicyclic) bond motifs is 1. The maximum atomic E-state index is 12.9. The van der Waals surface area contributed by atoms with Crippen LogP contribution >= 0.6 is 0 Å². The van der Waals surface area contributed by atoms with Gasteiger partial charge in [-0.3, -0.25) is 14.7 Å². The summed E-state index contributed by atoms with van der Waals surface area (Å²) in [5, 5.41) is 12.6. The summed E-state index contributed by atoms with van der Waals surface area (Å²) in [6.07, 6.45) is 8.61. The largest absolute Gasteiger partial charge is 0.392 e. The van der Waals surface area contributed by atoms with Crippen molar-refractivity contribution in [1.82, 2.24) is 20.2 Å². The average molecular weight is 669 g/mol. The molecule has 0 radical (unpaired) electrons. The lowest BCUT2D eigenvalue weighted by molar-refractivity contribution is -0.253. The normalized spacial score (nSPS) is 19.5. The number of nitrogens with one attached hydrogen (secondary N) is 1. The molecular weight excluding hydrogens is 624 g/mol. The first kappa shape index (κ1) is 33.8. The van der Waals surface area contributed by atoms with Crippen molar-refractivity contribution in [3.8, 4) is 11.1 Å². The molecule has 5 aromatic rings. The molecule has 8 nitrogen and oxygen atoms in total. The summed E-state index contributed by atoms with van der Waals surface area (Å²) >= 11 is 0. The third-order valence-electron chi connectivity index (χ3n) is 9.84. The van der Waals surface area contributed by atoms with Crippen molar-refractivity contribution in [2.75, 3.05) is 13.1 Å². The van der Waals surface area contributed by atoms with E-state index in [9.17, 15) is 9.90 Å². The number of aliphatic hydroxyl groups excluding tert-OH is 1. The molecule has 8 heteroatoms. The second-order valence-corrected chi connectivity index (χ2v) is 13.3. The Bertz CT molecular complexity index is 1910. The van der Waals surface area contributed by atoms with Crippen molar-refractivity contribution in [2.45, 2.75) is 69.8 Å². The first-order valence-electron chi connectivity index (χ1n) is 17.6. The van der Waals surface area contributed by atoms with Gasteiger partial charge in [0.1, 0.15) is 5.69 Å². The van der Waals surface area contributed by atoms with E-state index >= 15 is 0 Å².